The molecule has 2 aliphatic rings. The zero-order valence-corrected chi connectivity index (χ0v) is 13.3. The summed E-state index contributed by atoms with van der Waals surface area (Å²) in [6.45, 7) is 2.36. The first kappa shape index (κ1) is 15.3. The Kier molecular flexibility index (Phi) is 4.03. The van der Waals surface area contributed by atoms with Crippen molar-refractivity contribution in [1.29, 1.82) is 0 Å². The first-order chi connectivity index (χ1) is 11.7. The van der Waals surface area contributed by atoms with E-state index in [1.165, 1.54) is 12.7 Å². The molecule has 7 nitrogen and oxygen atoms in total. The highest BCUT2D eigenvalue weighted by atomic mass is 16.5. The molecule has 24 heavy (non-hydrogen) atoms. The summed E-state index contributed by atoms with van der Waals surface area (Å²) in [6, 6.07) is 3.91. The maximum absolute atomic E-state index is 12.2. The highest BCUT2D eigenvalue weighted by Gasteiger charge is 2.50. The van der Waals surface area contributed by atoms with Crippen LogP contribution in [-0.4, -0.2) is 52.2 Å². The van der Waals surface area contributed by atoms with Crippen LogP contribution in [-0.2, 0) is 16.1 Å². The molecule has 1 amide bonds. The number of hydrogen-bond acceptors (Lipinski definition) is 6. The van der Waals surface area contributed by atoms with Gasteiger partial charge in [0.2, 0.25) is 0 Å². The van der Waals surface area contributed by atoms with Crippen LogP contribution in [0, 0.1) is 0 Å². The Balaban J connectivity index is 1.30. The van der Waals surface area contributed by atoms with E-state index in [0.29, 0.717) is 32.0 Å². The second kappa shape index (κ2) is 6.33. The molecule has 2 fully saturated rings. The second-order valence-electron chi connectivity index (χ2n) is 6.35. The van der Waals surface area contributed by atoms with Gasteiger partial charge in [-0.25, -0.2) is 4.98 Å². The Bertz CT molecular complexity index is 683. The predicted molar refractivity (Wildman–Crippen MR) is 83.1 cm³/mol. The number of amides is 1. The van der Waals surface area contributed by atoms with E-state index in [4.69, 9.17) is 13.9 Å². The van der Waals surface area contributed by atoms with Gasteiger partial charge in [-0.3, -0.25) is 9.78 Å². The lowest BCUT2D eigenvalue weighted by Gasteiger charge is -2.52. The number of oxazole rings is 1. The summed E-state index contributed by atoms with van der Waals surface area (Å²) in [6.07, 6.45) is 8.02. The number of hydrogen-bond donors (Lipinski definition) is 0. The number of carbonyl (C=O) groups excluding carboxylic acids is 1. The van der Waals surface area contributed by atoms with Crippen molar-refractivity contribution in [3.05, 3.63) is 48.4 Å². The van der Waals surface area contributed by atoms with Gasteiger partial charge in [-0.1, -0.05) is 6.07 Å². The topological polar surface area (TPSA) is 77.7 Å². The standard InChI is InChI=1S/C17H19N3O4/c21-16(15-9-22-12-19-15)20-10-17(11-20)6-14(3-5-24-17)23-8-13-2-1-4-18-7-13/h1-2,4,7,9,12,14H,3,5-6,8,10-11H2. The Morgan fingerprint density at radius 1 is 1.46 bits per heavy atom. The molecule has 7 heteroatoms. The SMILES string of the molecule is O=C(c1cocn1)N1CC2(CC(OCc3cccnc3)CCO2)C1. The van der Waals surface area contributed by atoms with Crippen molar-refractivity contribution in [2.75, 3.05) is 19.7 Å². The molecule has 0 radical (unpaired) electrons. The number of ether oxygens (including phenoxy) is 2. The molecular weight excluding hydrogens is 310 g/mol. The lowest BCUT2D eigenvalue weighted by atomic mass is 9.84. The van der Waals surface area contributed by atoms with Crippen molar-refractivity contribution in [3.63, 3.8) is 0 Å². The van der Waals surface area contributed by atoms with Crippen LogP contribution in [0.15, 0.2) is 41.6 Å². The zero-order valence-electron chi connectivity index (χ0n) is 13.3. The summed E-state index contributed by atoms with van der Waals surface area (Å²) >= 11 is 0. The lowest BCUT2D eigenvalue weighted by Crippen LogP contribution is -2.67. The van der Waals surface area contributed by atoms with Gasteiger partial charge < -0.3 is 18.8 Å². The summed E-state index contributed by atoms with van der Waals surface area (Å²) in [7, 11) is 0. The molecule has 1 atom stereocenters. The van der Waals surface area contributed by atoms with Crippen LogP contribution < -0.4 is 0 Å². The minimum absolute atomic E-state index is 0.114. The molecule has 4 rings (SSSR count). The van der Waals surface area contributed by atoms with E-state index in [2.05, 4.69) is 9.97 Å². The molecule has 0 bridgehead atoms. The van der Waals surface area contributed by atoms with E-state index < -0.39 is 0 Å². The van der Waals surface area contributed by atoms with E-state index >= 15 is 0 Å². The predicted octanol–water partition coefficient (Wildman–Crippen LogP) is 1.66. The largest absolute Gasteiger partial charge is 0.451 e. The summed E-state index contributed by atoms with van der Waals surface area (Å²) in [5.41, 5.74) is 1.12. The fourth-order valence-corrected chi connectivity index (χ4v) is 3.32. The van der Waals surface area contributed by atoms with Gasteiger partial charge in [0.25, 0.3) is 5.91 Å². The van der Waals surface area contributed by atoms with Gasteiger partial charge in [0.1, 0.15) is 11.9 Å². The number of carbonyl (C=O) groups is 1. The van der Waals surface area contributed by atoms with Crippen molar-refractivity contribution in [3.8, 4) is 0 Å². The van der Waals surface area contributed by atoms with Crippen LogP contribution in [0.2, 0.25) is 0 Å². The monoisotopic (exact) mass is 329 g/mol. The molecule has 126 valence electrons. The Labute approximate surface area is 139 Å². The molecule has 0 N–H and O–H groups in total. The molecule has 1 spiro atoms. The fraction of sp³-hybridized carbons (Fsp3) is 0.471. The molecule has 2 aromatic rings. The maximum Gasteiger partial charge on any atom is 0.276 e. The number of aromatic nitrogens is 2. The number of likely N-dealkylation sites (tertiary alicyclic amines) is 1. The zero-order chi connectivity index (χ0) is 16.4. The lowest BCUT2D eigenvalue weighted by molar-refractivity contribution is -0.188. The molecule has 4 heterocycles. The highest BCUT2D eigenvalue weighted by molar-refractivity contribution is 5.92. The van der Waals surface area contributed by atoms with Crippen LogP contribution in [0.4, 0.5) is 0 Å². The normalized spacial score (nSPS) is 22.3. The molecule has 0 aromatic carbocycles. The molecule has 2 saturated heterocycles. The number of nitrogens with zero attached hydrogens (tertiary/aromatic N) is 3. The Morgan fingerprint density at radius 2 is 2.38 bits per heavy atom. The third-order valence-electron chi connectivity index (χ3n) is 4.55. The molecule has 0 saturated carbocycles. The van der Waals surface area contributed by atoms with Gasteiger partial charge in [-0.15, -0.1) is 0 Å². The Hall–Kier alpha value is -2.25. The van der Waals surface area contributed by atoms with Crippen molar-refractivity contribution in [2.24, 2.45) is 0 Å². The molecule has 1 unspecified atom stereocenters. The van der Waals surface area contributed by atoms with E-state index in [1.54, 1.807) is 11.1 Å². The van der Waals surface area contributed by atoms with E-state index in [-0.39, 0.29) is 17.6 Å². The third kappa shape index (κ3) is 3.05. The average Bonchev–Trinajstić information content (AvgIpc) is 3.13. The van der Waals surface area contributed by atoms with E-state index in [0.717, 1.165) is 18.4 Å². The van der Waals surface area contributed by atoms with Crippen molar-refractivity contribution < 1.29 is 18.7 Å². The molecule has 2 aliphatic heterocycles. The summed E-state index contributed by atoms with van der Waals surface area (Å²) in [5.74, 6) is -0.114. The molecular formula is C17H19N3O4. The Morgan fingerprint density at radius 3 is 3.12 bits per heavy atom. The van der Waals surface area contributed by atoms with Gasteiger partial charge in [0, 0.05) is 25.4 Å². The van der Waals surface area contributed by atoms with Crippen LogP contribution >= 0.6 is 0 Å². The van der Waals surface area contributed by atoms with Crippen molar-refractivity contribution in [1.82, 2.24) is 14.9 Å². The van der Waals surface area contributed by atoms with Crippen molar-refractivity contribution >= 4 is 5.91 Å². The van der Waals surface area contributed by atoms with Gasteiger partial charge in [0.15, 0.2) is 12.1 Å². The van der Waals surface area contributed by atoms with Gasteiger partial charge >= 0.3 is 0 Å². The van der Waals surface area contributed by atoms with Gasteiger partial charge in [-0.2, -0.15) is 0 Å². The van der Waals surface area contributed by atoms with Crippen LogP contribution in [0.5, 0.6) is 0 Å². The van der Waals surface area contributed by atoms with Crippen LogP contribution in [0.1, 0.15) is 28.9 Å². The third-order valence-corrected chi connectivity index (χ3v) is 4.55. The smallest absolute Gasteiger partial charge is 0.276 e. The van der Waals surface area contributed by atoms with Gasteiger partial charge in [-0.05, 0) is 18.1 Å². The average molecular weight is 329 g/mol. The van der Waals surface area contributed by atoms with Crippen molar-refractivity contribution in [2.45, 2.75) is 31.2 Å². The first-order valence-electron chi connectivity index (χ1n) is 8.06. The molecule has 2 aromatic heterocycles. The van der Waals surface area contributed by atoms with E-state index in [9.17, 15) is 4.79 Å². The molecule has 0 aliphatic carbocycles. The summed E-state index contributed by atoms with van der Waals surface area (Å²) in [5, 5.41) is 0. The summed E-state index contributed by atoms with van der Waals surface area (Å²) in [4.78, 5) is 22.0. The maximum atomic E-state index is 12.2. The second-order valence-corrected chi connectivity index (χ2v) is 6.35. The van der Waals surface area contributed by atoms with Crippen LogP contribution in [0.25, 0.3) is 0 Å². The number of rotatable bonds is 4. The quantitative estimate of drug-likeness (QED) is 0.849. The van der Waals surface area contributed by atoms with Gasteiger partial charge in [0.05, 0.1) is 25.8 Å². The highest BCUT2D eigenvalue weighted by Crippen LogP contribution is 2.36. The minimum atomic E-state index is -0.281. The number of pyridine rings is 1. The van der Waals surface area contributed by atoms with E-state index in [1.807, 2.05) is 18.3 Å². The fourth-order valence-electron chi connectivity index (χ4n) is 3.32. The summed E-state index contributed by atoms with van der Waals surface area (Å²) < 4.78 is 16.8. The van der Waals surface area contributed by atoms with Crippen LogP contribution in [0.3, 0.4) is 0 Å². The minimum Gasteiger partial charge on any atom is -0.451 e. The first-order valence-corrected chi connectivity index (χ1v) is 8.06.